The number of hydrogen-bond acceptors (Lipinski definition) is 5. The zero-order valence-electron chi connectivity index (χ0n) is 21.0. The molecule has 3 aromatic rings. The number of benzene rings is 3. The number of rotatable bonds is 4. The molecule has 0 radical (unpaired) electrons. The van der Waals surface area contributed by atoms with Gasteiger partial charge < -0.3 is 19.9 Å². The molecular weight excluding hydrogens is 503 g/mol. The Morgan fingerprint density at radius 1 is 1.00 bits per heavy atom. The van der Waals surface area contributed by atoms with Gasteiger partial charge in [-0.15, -0.1) is 0 Å². The van der Waals surface area contributed by atoms with Crippen LogP contribution in [0.4, 0.5) is 14.9 Å². The lowest BCUT2D eigenvalue weighted by Crippen LogP contribution is -2.57. The average Bonchev–Trinajstić information content (AvgIpc) is 3.58. The van der Waals surface area contributed by atoms with Gasteiger partial charge in [0.25, 0.3) is 0 Å². The smallest absolute Gasteiger partial charge is 0.407 e. The summed E-state index contributed by atoms with van der Waals surface area (Å²) in [5, 5.41) is 5.34. The van der Waals surface area contributed by atoms with Crippen LogP contribution in [0.1, 0.15) is 30.0 Å². The van der Waals surface area contributed by atoms with Gasteiger partial charge >= 0.3 is 6.09 Å². The molecule has 3 aliphatic heterocycles. The van der Waals surface area contributed by atoms with Crippen LogP contribution < -0.4 is 10.2 Å². The van der Waals surface area contributed by atoms with Gasteiger partial charge in [0.1, 0.15) is 17.5 Å². The Morgan fingerprint density at radius 2 is 1.74 bits per heavy atom. The number of ether oxygens (including phenoxy) is 1. The number of nitrogens with one attached hydrogen (secondary N) is 1. The van der Waals surface area contributed by atoms with E-state index in [1.807, 2.05) is 0 Å². The Labute approximate surface area is 228 Å². The molecule has 0 bridgehead atoms. The highest BCUT2D eigenvalue weighted by Gasteiger charge is 2.55. The second kappa shape index (κ2) is 9.47. The summed E-state index contributed by atoms with van der Waals surface area (Å²) in [4.78, 5) is 32.0. The molecule has 2 amide bonds. The highest BCUT2D eigenvalue weighted by Crippen LogP contribution is 2.45. The van der Waals surface area contributed by atoms with Crippen LogP contribution in [0.3, 0.4) is 0 Å². The zero-order valence-corrected chi connectivity index (χ0v) is 22.0. The molecule has 38 heavy (non-hydrogen) atoms. The van der Waals surface area contributed by atoms with Crippen molar-refractivity contribution in [3.8, 4) is 0 Å². The topological polar surface area (TPSA) is 65.1 Å². The van der Waals surface area contributed by atoms with E-state index in [-0.39, 0.29) is 31.3 Å². The number of amides is 2. The van der Waals surface area contributed by atoms with E-state index in [1.54, 1.807) is 17.0 Å². The lowest BCUT2D eigenvalue weighted by molar-refractivity contribution is -0.134. The van der Waals surface area contributed by atoms with Crippen molar-refractivity contribution in [2.24, 2.45) is 0 Å². The quantitative estimate of drug-likeness (QED) is 0.550. The SMILES string of the molecule is O=C1NC[C@@H](CN2CN(c3ccc(F)cc3)C3(CCN([C@@H]4Cc5cccc6cccc4c56)CC3)C2=O)O1.S. The Balaban J connectivity index is 0.00000264. The van der Waals surface area contributed by atoms with E-state index in [0.717, 1.165) is 25.2 Å². The summed E-state index contributed by atoms with van der Waals surface area (Å²) in [5.41, 5.74) is 2.93. The molecule has 7 nitrogen and oxygen atoms in total. The van der Waals surface area contributed by atoms with E-state index in [1.165, 1.54) is 34.0 Å². The van der Waals surface area contributed by atoms with Crippen LogP contribution >= 0.6 is 13.5 Å². The van der Waals surface area contributed by atoms with Crippen LogP contribution in [0.15, 0.2) is 60.7 Å². The number of piperidine rings is 1. The number of hydrogen-bond donors (Lipinski definition) is 1. The van der Waals surface area contributed by atoms with Gasteiger partial charge in [0, 0.05) is 24.8 Å². The average molecular weight is 535 g/mol. The van der Waals surface area contributed by atoms with Gasteiger partial charge in [-0.1, -0.05) is 36.4 Å². The van der Waals surface area contributed by atoms with E-state index >= 15 is 0 Å². The first-order chi connectivity index (χ1) is 18.0. The van der Waals surface area contributed by atoms with Crippen molar-refractivity contribution in [2.45, 2.75) is 36.9 Å². The summed E-state index contributed by atoms with van der Waals surface area (Å²) in [6.45, 7) is 2.74. The van der Waals surface area contributed by atoms with Crippen molar-refractivity contribution in [3.05, 3.63) is 77.6 Å². The fraction of sp³-hybridized carbons (Fsp3) is 0.379. The Kier molecular flexibility index (Phi) is 6.23. The Bertz CT molecular complexity index is 1390. The number of carbonyl (C=O) groups excluding carboxylic acids is 2. The molecule has 3 heterocycles. The molecule has 2 atom stereocenters. The molecule has 0 unspecified atom stereocenters. The van der Waals surface area contributed by atoms with Gasteiger partial charge in [0.15, 0.2) is 0 Å². The Morgan fingerprint density at radius 3 is 2.45 bits per heavy atom. The lowest BCUT2D eigenvalue weighted by atomic mass is 9.84. The van der Waals surface area contributed by atoms with E-state index in [9.17, 15) is 14.0 Å². The minimum absolute atomic E-state index is 0. The molecule has 3 saturated heterocycles. The maximum absolute atomic E-state index is 14.0. The molecule has 4 aliphatic rings. The molecule has 1 aliphatic carbocycles. The molecule has 0 saturated carbocycles. The van der Waals surface area contributed by atoms with Crippen molar-refractivity contribution >= 4 is 42.0 Å². The van der Waals surface area contributed by atoms with Gasteiger partial charge in [0.2, 0.25) is 5.91 Å². The largest absolute Gasteiger partial charge is 0.442 e. The molecule has 7 rings (SSSR count). The number of nitrogens with zero attached hydrogens (tertiary/aromatic N) is 3. The summed E-state index contributed by atoms with van der Waals surface area (Å²) >= 11 is 0. The third kappa shape index (κ3) is 3.91. The van der Waals surface area contributed by atoms with Crippen LogP contribution in [-0.2, 0) is 16.0 Å². The maximum Gasteiger partial charge on any atom is 0.407 e. The molecule has 198 valence electrons. The van der Waals surface area contributed by atoms with E-state index in [0.29, 0.717) is 38.6 Å². The first-order valence-electron chi connectivity index (χ1n) is 13.0. The van der Waals surface area contributed by atoms with E-state index < -0.39 is 11.6 Å². The second-order valence-corrected chi connectivity index (χ2v) is 10.6. The van der Waals surface area contributed by atoms with Gasteiger partial charge in [-0.3, -0.25) is 9.69 Å². The predicted molar refractivity (Wildman–Crippen MR) is 148 cm³/mol. The van der Waals surface area contributed by atoms with Crippen molar-refractivity contribution in [1.82, 2.24) is 15.1 Å². The van der Waals surface area contributed by atoms with Crippen molar-refractivity contribution in [2.75, 3.05) is 37.7 Å². The predicted octanol–water partition coefficient (Wildman–Crippen LogP) is 3.94. The van der Waals surface area contributed by atoms with Crippen LogP contribution in [0.25, 0.3) is 10.8 Å². The Hall–Kier alpha value is -3.30. The number of anilines is 1. The lowest BCUT2D eigenvalue weighted by Gasteiger charge is -2.45. The van der Waals surface area contributed by atoms with Crippen molar-refractivity contribution in [1.29, 1.82) is 0 Å². The standard InChI is InChI=1S/C29H29FN4O3.H2S/c30-21-7-9-22(10-8-21)34-18-33(17-23-16-31-28(36)37-23)27(35)29(34)11-13-32(14-12-29)25-15-20-5-1-3-19-4-2-6-24(25)26(19)20;/h1-10,23,25H,11-18H2,(H,31,36);1H2/t23-,25+;/m0./s1. The van der Waals surface area contributed by atoms with Gasteiger partial charge in [0.05, 0.1) is 19.8 Å². The molecule has 3 fully saturated rings. The molecule has 3 aromatic carbocycles. The zero-order chi connectivity index (χ0) is 25.1. The van der Waals surface area contributed by atoms with Crippen molar-refractivity contribution < 1.29 is 18.7 Å². The van der Waals surface area contributed by atoms with Crippen LogP contribution in [0.2, 0.25) is 0 Å². The van der Waals surface area contributed by atoms with Gasteiger partial charge in [-0.25, -0.2) is 9.18 Å². The number of alkyl carbamates (subject to hydrolysis) is 1. The fourth-order valence-corrected chi connectivity index (χ4v) is 6.88. The number of cyclic esters (lactones) is 1. The highest BCUT2D eigenvalue weighted by atomic mass is 32.1. The molecular formula is C29H31FN4O3S. The molecule has 9 heteroatoms. The minimum atomic E-state index is -0.693. The highest BCUT2D eigenvalue weighted by molar-refractivity contribution is 7.59. The van der Waals surface area contributed by atoms with Crippen LogP contribution in [0, 0.1) is 5.82 Å². The van der Waals surface area contributed by atoms with Crippen LogP contribution in [-0.4, -0.2) is 66.3 Å². The normalized spacial score (nSPS) is 24.1. The first kappa shape index (κ1) is 25.0. The second-order valence-electron chi connectivity index (χ2n) is 10.6. The molecule has 1 N–H and O–H groups in total. The maximum atomic E-state index is 14.0. The summed E-state index contributed by atoms with van der Waals surface area (Å²) in [6, 6.07) is 19.8. The third-order valence-corrected chi connectivity index (χ3v) is 8.69. The van der Waals surface area contributed by atoms with Gasteiger partial charge in [-0.2, -0.15) is 13.5 Å². The van der Waals surface area contributed by atoms with Gasteiger partial charge in [-0.05, 0) is 65.4 Å². The van der Waals surface area contributed by atoms with E-state index in [2.05, 4.69) is 51.5 Å². The summed E-state index contributed by atoms with van der Waals surface area (Å²) in [5.74, 6) is -0.231. The third-order valence-electron chi connectivity index (χ3n) is 8.69. The van der Waals surface area contributed by atoms with Crippen LogP contribution in [0.5, 0.6) is 0 Å². The number of likely N-dealkylation sites (tertiary alicyclic amines) is 1. The summed E-state index contributed by atoms with van der Waals surface area (Å²) in [6.07, 6.45) is 1.56. The molecule has 1 spiro atoms. The number of carbonyl (C=O) groups is 2. The fourth-order valence-electron chi connectivity index (χ4n) is 6.88. The molecule has 0 aromatic heterocycles. The first-order valence-corrected chi connectivity index (χ1v) is 13.0. The van der Waals surface area contributed by atoms with E-state index in [4.69, 9.17) is 4.74 Å². The summed E-state index contributed by atoms with van der Waals surface area (Å²) in [7, 11) is 0. The summed E-state index contributed by atoms with van der Waals surface area (Å²) < 4.78 is 19.1. The number of halogens is 1. The van der Waals surface area contributed by atoms with Crippen molar-refractivity contribution in [3.63, 3.8) is 0 Å². The minimum Gasteiger partial charge on any atom is -0.442 e. The monoisotopic (exact) mass is 534 g/mol.